The van der Waals surface area contributed by atoms with Gasteiger partial charge in [-0.2, -0.15) is 5.26 Å². The standard InChI is InChI=1S/C20H23NO2/c1-15-6-7-16(2)20(13-15)23-12-4-5-18(14-21)17-8-10-19(22-3)11-9-17/h6-11,13,18H,4-5,12H2,1-3H3. The maximum atomic E-state index is 9.38. The third-order valence-electron chi connectivity index (χ3n) is 3.91. The van der Waals surface area contributed by atoms with Crippen LogP contribution >= 0.6 is 0 Å². The molecule has 0 aliphatic carbocycles. The van der Waals surface area contributed by atoms with Crippen LogP contribution in [0.1, 0.15) is 35.4 Å². The molecule has 0 amide bonds. The molecule has 2 aromatic rings. The maximum Gasteiger partial charge on any atom is 0.122 e. The van der Waals surface area contributed by atoms with Crippen molar-refractivity contribution < 1.29 is 9.47 Å². The number of benzene rings is 2. The van der Waals surface area contributed by atoms with Crippen LogP contribution in [0.5, 0.6) is 11.5 Å². The number of nitriles is 1. The Kier molecular flexibility index (Phi) is 6.05. The Labute approximate surface area is 138 Å². The minimum Gasteiger partial charge on any atom is -0.497 e. The van der Waals surface area contributed by atoms with Crippen LogP contribution in [-0.4, -0.2) is 13.7 Å². The van der Waals surface area contributed by atoms with Gasteiger partial charge in [-0.3, -0.25) is 0 Å². The molecule has 0 N–H and O–H groups in total. The van der Waals surface area contributed by atoms with E-state index in [4.69, 9.17) is 9.47 Å². The highest BCUT2D eigenvalue weighted by atomic mass is 16.5. The summed E-state index contributed by atoms with van der Waals surface area (Å²) < 4.78 is 11.0. The van der Waals surface area contributed by atoms with Gasteiger partial charge in [-0.05, 0) is 61.6 Å². The fourth-order valence-electron chi connectivity index (χ4n) is 2.47. The van der Waals surface area contributed by atoms with Crippen molar-refractivity contribution in [2.45, 2.75) is 32.6 Å². The van der Waals surface area contributed by atoms with E-state index in [1.54, 1.807) is 7.11 Å². The molecule has 0 saturated carbocycles. The van der Waals surface area contributed by atoms with Crippen molar-refractivity contribution in [1.82, 2.24) is 0 Å². The number of hydrogen-bond donors (Lipinski definition) is 0. The summed E-state index contributed by atoms with van der Waals surface area (Å²) in [5.41, 5.74) is 3.36. The van der Waals surface area contributed by atoms with Crippen LogP contribution in [0.3, 0.4) is 0 Å². The van der Waals surface area contributed by atoms with Gasteiger partial charge in [0.25, 0.3) is 0 Å². The molecule has 0 spiro atoms. The highest BCUT2D eigenvalue weighted by molar-refractivity contribution is 5.36. The Bertz CT molecular complexity index is 671. The largest absolute Gasteiger partial charge is 0.497 e. The minimum atomic E-state index is -0.108. The molecule has 3 nitrogen and oxygen atoms in total. The first-order chi connectivity index (χ1) is 11.1. The molecule has 3 heteroatoms. The van der Waals surface area contributed by atoms with Crippen molar-refractivity contribution in [2.75, 3.05) is 13.7 Å². The summed E-state index contributed by atoms with van der Waals surface area (Å²) >= 11 is 0. The third kappa shape index (κ3) is 4.75. The Morgan fingerprint density at radius 1 is 1.09 bits per heavy atom. The highest BCUT2D eigenvalue weighted by Gasteiger charge is 2.10. The SMILES string of the molecule is COc1ccc(C(C#N)CCCOc2cc(C)ccc2C)cc1. The quantitative estimate of drug-likeness (QED) is 0.691. The molecule has 23 heavy (non-hydrogen) atoms. The van der Waals surface area contributed by atoms with Gasteiger partial charge in [0.2, 0.25) is 0 Å². The van der Waals surface area contributed by atoms with Gasteiger partial charge in [0.1, 0.15) is 11.5 Å². The molecule has 0 bridgehead atoms. The average molecular weight is 309 g/mol. The molecule has 0 saturated heterocycles. The van der Waals surface area contributed by atoms with Crippen LogP contribution in [0.15, 0.2) is 42.5 Å². The molecule has 0 aliphatic rings. The molecule has 120 valence electrons. The Morgan fingerprint density at radius 3 is 2.48 bits per heavy atom. The van der Waals surface area contributed by atoms with Crippen molar-refractivity contribution in [3.8, 4) is 17.6 Å². The van der Waals surface area contributed by atoms with Gasteiger partial charge in [-0.25, -0.2) is 0 Å². The zero-order valence-electron chi connectivity index (χ0n) is 14.0. The predicted octanol–water partition coefficient (Wildman–Crippen LogP) is 4.78. The Hall–Kier alpha value is -2.47. The third-order valence-corrected chi connectivity index (χ3v) is 3.91. The number of nitrogens with zero attached hydrogens (tertiary/aromatic N) is 1. The Balaban J connectivity index is 1.86. The normalized spacial score (nSPS) is 11.6. The van der Waals surface area contributed by atoms with Crippen molar-refractivity contribution in [3.05, 3.63) is 59.2 Å². The van der Waals surface area contributed by atoms with E-state index in [1.807, 2.05) is 31.2 Å². The van der Waals surface area contributed by atoms with Crippen molar-refractivity contribution in [3.63, 3.8) is 0 Å². The summed E-state index contributed by atoms with van der Waals surface area (Å²) in [4.78, 5) is 0. The van der Waals surface area contributed by atoms with E-state index in [2.05, 4.69) is 31.2 Å². The highest BCUT2D eigenvalue weighted by Crippen LogP contribution is 2.24. The smallest absolute Gasteiger partial charge is 0.122 e. The van der Waals surface area contributed by atoms with Gasteiger partial charge in [0, 0.05) is 0 Å². The van der Waals surface area contributed by atoms with E-state index < -0.39 is 0 Å². The average Bonchev–Trinajstić information content (AvgIpc) is 2.58. The fourth-order valence-corrected chi connectivity index (χ4v) is 2.47. The molecule has 0 fully saturated rings. The van der Waals surface area contributed by atoms with Gasteiger partial charge in [0.05, 0.1) is 25.7 Å². The number of hydrogen-bond acceptors (Lipinski definition) is 3. The van der Waals surface area contributed by atoms with E-state index in [0.717, 1.165) is 35.5 Å². The second kappa shape index (κ2) is 8.24. The maximum absolute atomic E-state index is 9.38. The zero-order chi connectivity index (χ0) is 16.7. The van der Waals surface area contributed by atoms with Crippen LogP contribution in [-0.2, 0) is 0 Å². The van der Waals surface area contributed by atoms with E-state index in [1.165, 1.54) is 5.56 Å². The molecular weight excluding hydrogens is 286 g/mol. The molecular formula is C20H23NO2. The second-order valence-corrected chi connectivity index (χ2v) is 5.71. The second-order valence-electron chi connectivity index (χ2n) is 5.71. The molecule has 2 rings (SSSR count). The molecule has 0 aromatic heterocycles. The lowest BCUT2D eigenvalue weighted by molar-refractivity contribution is 0.303. The van der Waals surface area contributed by atoms with E-state index in [9.17, 15) is 5.26 Å². The number of aryl methyl sites for hydroxylation is 2. The first-order valence-corrected chi connectivity index (χ1v) is 7.87. The lowest BCUT2D eigenvalue weighted by Gasteiger charge is -2.12. The van der Waals surface area contributed by atoms with E-state index in [-0.39, 0.29) is 5.92 Å². The monoisotopic (exact) mass is 309 g/mol. The summed E-state index contributed by atoms with van der Waals surface area (Å²) in [7, 11) is 1.64. The molecule has 0 heterocycles. The van der Waals surface area contributed by atoms with Crippen LogP contribution in [0.2, 0.25) is 0 Å². The summed E-state index contributed by atoms with van der Waals surface area (Å²) in [6, 6.07) is 16.3. The van der Waals surface area contributed by atoms with Crippen LogP contribution in [0.25, 0.3) is 0 Å². The van der Waals surface area contributed by atoms with Crippen LogP contribution < -0.4 is 9.47 Å². The summed E-state index contributed by atoms with van der Waals surface area (Å²) in [6.07, 6.45) is 1.63. The molecule has 0 radical (unpaired) electrons. The van der Waals surface area contributed by atoms with E-state index >= 15 is 0 Å². The van der Waals surface area contributed by atoms with Gasteiger partial charge >= 0.3 is 0 Å². The topological polar surface area (TPSA) is 42.2 Å². The fraction of sp³-hybridized carbons (Fsp3) is 0.350. The molecule has 0 aliphatic heterocycles. The lowest BCUT2D eigenvalue weighted by atomic mass is 9.96. The molecule has 1 unspecified atom stereocenters. The number of ether oxygens (including phenoxy) is 2. The van der Waals surface area contributed by atoms with Crippen LogP contribution in [0, 0.1) is 25.2 Å². The van der Waals surface area contributed by atoms with E-state index in [0.29, 0.717) is 6.61 Å². The van der Waals surface area contributed by atoms with Gasteiger partial charge in [-0.1, -0.05) is 24.3 Å². The summed E-state index contributed by atoms with van der Waals surface area (Å²) in [6.45, 7) is 4.73. The van der Waals surface area contributed by atoms with Crippen LogP contribution in [0.4, 0.5) is 0 Å². The summed E-state index contributed by atoms with van der Waals surface area (Å²) in [5, 5.41) is 9.38. The Morgan fingerprint density at radius 2 is 1.83 bits per heavy atom. The van der Waals surface area contributed by atoms with Crippen molar-refractivity contribution in [2.24, 2.45) is 0 Å². The molecule has 2 aromatic carbocycles. The first kappa shape index (κ1) is 16.9. The number of methoxy groups -OCH3 is 1. The van der Waals surface area contributed by atoms with Crippen molar-refractivity contribution in [1.29, 1.82) is 5.26 Å². The first-order valence-electron chi connectivity index (χ1n) is 7.87. The zero-order valence-corrected chi connectivity index (χ0v) is 14.0. The predicted molar refractivity (Wildman–Crippen MR) is 92.0 cm³/mol. The minimum absolute atomic E-state index is 0.108. The van der Waals surface area contributed by atoms with Gasteiger partial charge < -0.3 is 9.47 Å². The van der Waals surface area contributed by atoms with Gasteiger partial charge in [-0.15, -0.1) is 0 Å². The van der Waals surface area contributed by atoms with Crippen molar-refractivity contribution >= 4 is 0 Å². The lowest BCUT2D eigenvalue weighted by Crippen LogP contribution is -2.03. The number of rotatable bonds is 7. The molecule has 1 atom stereocenters. The summed E-state index contributed by atoms with van der Waals surface area (Å²) in [5.74, 6) is 1.63. The van der Waals surface area contributed by atoms with Gasteiger partial charge in [0.15, 0.2) is 0 Å².